The van der Waals surface area contributed by atoms with Gasteiger partial charge in [0.25, 0.3) is 0 Å². The monoisotopic (exact) mass is 600 g/mol. The lowest BCUT2D eigenvalue weighted by molar-refractivity contribution is 0.0498. The van der Waals surface area contributed by atoms with Crippen molar-refractivity contribution in [3.05, 3.63) is 80.2 Å². The van der Waals surface area contributed by atoms with Gasteiger partial charge in [-0.1, -0.05) is 0 Å². The molecule has 0 bridgehead atoms. The second-order valence-corrected chi connectivity index (χ2v) is 12.0. The molecule has 12 heteroatoms. The number of carbonyl (C=O) groups is 2. The van der Waals surface area contributed by atoms with Crippen LogP contribution in [0, 0.1) is 17.5 Å². The number of rotatable bonds is 5. The molecule has 0 radical (unpaired) electrons. The summed E-state index contributed by atoms with van der Waals surface area (Å²) in [5.41, 5.74) is -2.02. The Morgan fingerprint density at radius 2 is 1.86 bits per heavy atom. The number of aromatic carboxylic acids is 1. The van der Waals surface area contributed by atoms with Gasteiger partial charge >= 0.3 is 12.1 Å². The lowest BCUT2D eigenvalue weighted by Gasteiger charge is -2.26. The van der Waals surface area contributed by atoms with Crippen molar-refractivity contribution in [3.63, 3.8) is 0 Å². The number of amides is 1. The minimum atomic E-state index is -1.60. The summed E-state index contributed by atoms with van der Waals surface area (Å²) in [7, 11) is 1.25. The van der Waals surface area contributed by atoms with Crippen molar-refractivity contribution in [3.8, 4) is 21.9 Å². The van der Waals surface area contributed by atoms with Crippen LogP contribution >= 0.6 is 11.3 Å². The average Bonchev–Trinajstić information content (AvgIpc) is 3.32. The number of nitrogens with one attached hydrogen (secondary N) is 1. The molecule has 2 aromatic heterocycles. The van der Waals surface area contributed by atoms with E-state index in [1.54, 1.807) is 26.8 Å². The van der Waals surface area contributed by atoms with Gasteiger partial charge in [-0.2, -0.15) is 0 Å². The molecule has 1 aliphatic carbocycles. The van der Waals surface area contributed by atoms with Gasteiger partial charge in [-0.15, -0.1) is 11.3 Å². The highest BCUT2D eigenvalue weighted by atomic mass is 32.1. The number of hydrogen-bond donors (Lipinski definition) is 2. The third-order valence-corrected chi connectivity index (χ3v) is 8.08. The third kappa shape index (κ3) is 5.34. The van der Waals surface area contributed by atoms with Gasteiger partial charge < -0.3 is 24.5 Å². The van der Waals surface area contributed by atoms with Crippen LogP contribution in [0.1, 0.15) is 60.5 Å². The minimum Gasteiger partial charge on any atom is -0.494 e. The van der Waals surface area contributed by atoms with Crippen LogP contribution in [0.15, 0.2) is 41.3 Å². The van der Waals surface area contributed by atoms with E-state index in [2.05, 4.69) is 5.32 Å². The number of aryl methyl sites for hydroxylation is 1. The number of aromatic nitrogens is 1. The van der Waals surface area contributed by atoms with Crippen molar-refractivity contribution in [1.82, 2.24) is 9.88 Å². The molecule has 0 saturated carbocycles. The van der Waals surface area contributed by atoms with Gasteiger partial charge in [0.2, 0.25) is 5.43 Å². The van der Waals surface area contributed by atoms with E-state index in [-0.39, 0.29) is 33.9 Å². The summed E-state index contributed by atoms with van der Waals surface area (Å²) >= 11 is 1.29. The maximum Gasteiger partial charge on any atom is 0.408 e. The van der Waals surface area contributed by atoms with Crippen molar-refractivity contribution < 1.29 is 37.3 Å². The summed E-state index contributed by atoms with van der Waals surface area (Å²) in [6, 6.07) is 4.93. The second-order valence-electron chi connectivity index (χ2n) is 10.9. The number of ether oxygens (including phenoxy) is 2. The lowest BCUT2D eigenvalue weighted by atomic mass is 9.93. The molecule has 2 heterocycles. The number of carbonyl (C=O) groups excluding carboxylic acids is 1. The second kappa shape index (κ2) is 10.8. The fourth-order valence-corrected chi connectivity index (χ4v) is 6.46. The molecule has 42 heavy (non-hydrogen) atoms. The Hall–Kier alpha value is -4.32. The van der Waals surface area contributed by atoms with Gasteiger partial charge in [0, 0.05) is 22.0 Å². The van der Waals surface area contributed by atoms with Crippen LogP contribution in [0.5, 0.6) is 5.75 Å². The summed E-state index contributed by atoms with van der Waals surface area (Å²) in [5, 5.41) is 12.2. The van der Waals surface area contributed by atoms with E-state index in [9.17, 15) is 28.3 Å². The molecule has 0 spiro atoms. The fraction of sp³-hybridized carbons (Fsp3) is 0.300. The Bertz CT molecular complexity index is 1810. The SMILES string of the molecule is COc1c(-c2cc3c(s2)CCCC3NC(=O)OC(C)(C)C)c(F)cc2c(=O)c(C(=O)O)cn(-c3ccc(F)cc3F)c12. The van der Waals surface area contributed by atoms with Gasteiger partial charge in [0.1, 0.15) is 34.1 Å². The normalized spacial score (nSPS) is 14.9. The Kier molecular flexibility index (Phi) is 7.52. The van der Waals surface area contributed by atoms with Crippen LogP contribution in [-0.2, 0) is 11.2 Å². The molecule has 0 saturated heterocycles. The van der Waals surface area contributed by atoms with Gasteiger partial charge in [0.15, 0.2) is 5.75 Å². The maximum absolute atomic E-state index is 15.9. The predicted octanol–water partition coefficient (Wildman–Crippen LogP) is 6.75. The predicted molar refractivity (Wildman–Crippen MR) is 151 cm³/mol. The molecule has 0 aliphatic heterocycles. The van der Waals surface area contributed by atoms with E-state index in [1.807, 2.05) is 0 Å². The van der Waals surface area contributed by atoms with E-state index >= 15 is 4.39 Å². The number of benzene rings is 2. The number of pyridine rings is 1. The maximum atomic E-state index is 15.9. The largest absolute Gasteiger partial charge is 0.494 e. The molecule has 0 fully saturated rings. The summed E-state index contributed by atoms with van der Waals surface area (Å²) in [6.07, 6.45) is 2.43. The molecular formula is C30H27F3N2O6S. The van der Waals surface area contributed by atoms with Crippen LogP contribution in [-0.4, -0.2) is 34.4 Å². The molecule has 220 valence electrons. The fourth-order valence-electron chi connectivity index (χ4n) is 5.15. The summed E-state index contributed by atoms with van der Waals surface area (Å²) in [4.78, 5) is 38.9. The first-order valence-corrected chi connectivity index (χ1v) is 13.9. The minimum absolute atomic E-state index is 0.0286. The van der Waals surface area contributed by atoms with Gasteiger partial charge in [0.05, 0.1) is 29.8 Å². The van der Waals surface area contributed by atoms with Crippen LogP contribution in [0.2, 0.25) is 0 Å². The average molecular weight is 601 g/mol. The zero-order valence-corrected chi connectivity index (χ0v) is 24.0. The number of alkyl carbamates (subject to hydrolysis) is 1. The Labute approximate surface area is 242 Å². The first-order valence-electron chi connectivity index (χ1n) is 13.1. The van der Waals surface area contributed by atoms with Gasteiger partial charge in [-0.3, -0.25) is 4.79 Å². The Morgan fingerprint density at radius 1 is 1.12 bits per heavy atom. The lowest BCUT2D eigenvalue weighted by Crippen LogP contribution is -2.35. The summed E-state index contributed by atoms with van der Waals surface area (Å²) in [6.45, 7) is 5.27. The molecule has 1 aliphatic rings. The van der Waals surface area contributed by atoms with Crippen molar-refractivity contribution in [1.29, 1.82) is 0 Å². The first-order chi connectivity index (χ1) is 19.8. The van der Waals surface area contributed by atoms with Crippen molar-refractivity contribution in [2.45, 2.75) is 51.7 Å². The zero-order chi connectivity index (χ0) is 30.5. The molecule has 4 aromatic rings. The van der Waals surface area contributed by atoms with E-state index < -0.39 is 46.1 Å². The number of carboxylic acids is 1. The third-order valence-electron chi connectivity index (χ3n) is 6.85. The quantitative estimate of drug-likeness (QED) is 0.263. The molecule has 2 aromatic carbocycles. The molecule has 1 unspecified atom stereocenters. The summed E-state index contributed by atoms with van der Waals surface area (Å²) < 4.78 is 56.7. The number of thiophene rings is 1. The number of hydrogen-bond acceptors (Lipinski definition) is 6. The van der Waals surface area contributed by atoms with Crippen molar-refractivity contribution in [2.24, 2.45) is 0 Å². The zero-order valence-electron chi connectivity index (χ0n) is 23.1. The van der Waals surface area contributed by atoms with Crippen LogP contribution in [0.4, 0.5) is 18.0 Å². The van der Waals surface area contributed by atoms with Crippen LogP contribution in [0.3, 0.4) is 0 Å². The van der Waals surface area contributed by atoms with Crippen molar-refractivity contribution >= 4 is 34.3 Å². The molecule has 1 atom stereocenters. The standard InChI is InChI=1S/C30H27F3N2O6S/c1-30(2,3)41-29(39)34-20-6-5-7-22-15(20)12-23(42-22)24-19(33)11-16-25(27(24)40-4)35(13-17(26(16)36)28(37)38)21-9-8-14(31)10-18(21)32/h8-13,20H,5-7H2,1-4H3,(H,34,39)(H,37,38). The van der Waals surface area contributed by atoms with Crippen molar-refractivity contribution in [2.75, 3.05) is 7.11 Å². The topological polar surface area (TPSA) is 107 Å². The number of methoxy groups -OCH3 is 1. The molecular weight excluding hydrogens is 573 g/mol. The number of halogens is 3. The van der Waals surface area contributed by atoms with Crippen LogP contribution in [0.25, 0.3) is 27.0 Å². The highest BCUT2D eigenvalue weighted by Gasteiger charge is 2.30. The molecule has 2 N–H and O–H groups in total. The molecule has 5 rings (SSSR count). The van der Waals surface area contributed by atoms with Gasteiger partial charge in [-0.05, 0) is 69.9 Å². The highest BCUT2D eigenvalue weighted by Crippen LogP contribution is 2.46. The molecule has 8 nitrogen and oxygen atoms in total. The smallest absolute Gasteiger partial charge is 0.408 e. The number of carboxylic acid groups (broad SMARTS) is 1. The first kappa shape index (κ1) is 29.2. The van der Waals surface area contributed by atoms with Crippen LogP contribution < -0.4 is 15.5 Å². The van der Waals surface area contributed by atoms with E-state index in [4.69, 9.17) is 9.47 Å². The Morgan fingerprint density at radius 3 is 2.50 bits per heavy atom. The Balaban J connectivity index is 1.73. The van der Waals surface area contributed by atoms with E-state index in [0.717, 1.165) is 45.8 Å². The van der Waals surface area contributed by atoms with E-state index in [1.165, 1.54) is 18.4 Å². The highest BCUT2D eigenvalue weighted by molar-refractivity contribution is 7.15. The molecule has 1 amide bonds. The number of fused-ring (bicyclic) bond motifs is 2. The summed E-state index contributed by atoms with van der Waals surface area (Å²) in [5.74, 6) is -4.50. The van der Waals surface area contributed by atoms with Gasteiger partial charge in [-0.25, -0.2) is 22.8 Å². The van der Waals surface area contributed by atoms with E-state index in [0.29, 0.717) is 23.8 Å². The number of nitrogens with zero attached hydrogens (tertiary/aromatic N) is 1.